The van der Waals surface area contributed by atoms with E-state index >= 15 is 0 Å². The predicted molar refractivity (Wildman–Crippen MR) is 88.9 cm³/mol. The molecule has 2 atom stereocenters. The number of morpholine rings is 1. The van der Waals surface area contributed by atoms with Gasteiger partial charge in [0.25, 0.3) is 0 Å². The van der Waals surface area contributed by atoms with Gasteiger partial charge in [-0.15, -0.1) is 11.3 Å². The van der Waals surface area contributed by atoms with Gasteiger partial charge in [-0.2, -0.15) is 0 Å². The fourth-order valence-corrected chi connectivity index (χ4v) is 4.06. The van der Waals surface area contributed by atoms with Gasteiger partial charge in [-0.1, -0.05) is 6.92 Å². The lowest BCUT2D eigenvalue weighted by Crippen LogP contribution is -2.59. The van der Waals surface area contributed by atoms with Gasteiger partial charge >= 0.3 is 6.03 Å². The van der Waals surface area contributed by atoms with Crippen molar-refractivity contribution >= 4 is 17.4 Å². The number of urea groups is 1. The van der Waals surface area contributed by atoms with Crippen molar-refractivity contribution < 1.29 is 14.3 Å². The molecule has 0 bridgehead atoms. The number of amides is 2. The summed E-state index contributed by atoms with van der Waals surface area (Å²) in [6.45, 7) is 7.30. The van der Waals surface area contributed by atoms with Gasteiger partial charge in [-0.3, -0.25) is 0 Å². The van der Waals surface area contributed by atoms with Crippen molar-refractivity contribution in [3.05, 3.63) is 16.1 Å². The molecule has 1 aromatic rings. The van der Waals surface area contributed by atoms with E-state index in [2.05, 4.69) is 17.2 Å². The minimum atomic E-state index is -0.305. The summed E-state index contributed by atoms with van der Waals surface area (Å²) in [5.74, 6) is 0. The largest absolute Gasteiger partial charge is 0.378 e. The molecular weight excluding hydrogens is 314 g/mol. The first-order chi connectivity index (χ1) is 11.1. The molecule has 0 aromatic carbocycles. The van der Waals surface area contributed by atoms with Crippen LogP contribution in [0.25, 0.3) is 0 Å². The van der Waals surface area contributed by atoms with E-state index in [-0.39, 0.29) is 17.7 Å². The Kier molecular flexibility index (Phi) is 5.18. The Labute approximate surface area is 141 Å². The maximum Gasteiger partial charge on any atom is 0.317 e. The minimum Gasteiger partial charge on any atom is -0.378 e. The number of ether oxygens (including phenoxy) is 2. The van der Waals surface area contributed by atoms with Crippen molar-refractivity contribution in [2.45, 2.75) is 44.8 Å². The van der Waals surface area contributed by atoms with Crippen molar-refractivity contribution in [2.24, 2.45) is 0 Å². The smallest absolute Gasteiger partial charge is 0.317 e. The molecule has 2 aliphatic rings. The van der Waals surface area contributed by atoms with E-state index in [0.29, 0.717) is 32.8 Å². The van der Waals surface area contributed by atoms with Crippen LogP contribution in [-0.4, -0.2) is 60.5 Å². The van der Waals surface area contributed by atoms with Gasteiger partial charge in [0.15, 0.2) is 0 Å². The molecule has 0 aliphatic carbocycles. The molecule has 1 N–H and O–H groups in total. The molecule has 23 heavy (non-hydrogen) atoms. The van der Waals surface area contributed by atoms with Crippen LogP contribution in [0, 0.1) is 0 Å². The number of nitrogens with zero attached hydrogens (tertiary/aromatic N) is 2. The molecule has 2 saturated heterocycles. The second-order valence-corrected chi connectivity index (χ2v) is 7.55. The van der Waals surface area contributed by atoms with Crippen molar-refractivity contribution in [1.82, 2.24) is 15.2 Å². The van der Waals surface area contributed by atoms with Crippen LogP contribution in [0.4, 0.5) is 4.79 Å². The second kappa shape index (κ2) is 7.15. The number of rotatable bonds is 4. The van der Waals surface area contributed by atoms with Crippen LogP contribution >= 0.6 is 11.3 Å². The minimum absolute atomic E-state index is 0.0151. The van der Waals surface area contributed by atoms with Crippen LogP contribution in [0.3, 0.4) is 0 Å². The summed E-state index contributed by atoms with van der Waals surface area (Å²) in [4.78, 5) is 20.0. The standard InChI is InChI=1S/C16H25N3O3S/c1-3-13-8-18-14(23-13)4-6-17-15(20)19-9-12(2)22-16(10-19)5-7-21-11-16/h8,12H,3-7,9-11H2,1-2H3,(H,17,20)/t12-,16-/m1/s1. The first-order valence-electron chi connectivity index (χ1n) is 8.32. The highest BCUT2D eigenvalue weighted by Crippen LogP contribution is 2.29. The molecule has 2 fully saturated rings. The SMILES string of the molecule is CCc1cnc(CCNC(=O)N2C[C@@H](C)O[C@]3(CCOC3)C2)s1. The zero-order chi connectivity index (χ0) is 16.3. The molecule has 2 amide bonds. The van der Waals surface area contributed by atoms with Crippen LogP contribution < -0.4 is 5.32 Å². The molecular formula is C16H25N3O3S. The number of carbonyl (C=O) groups excluding carboxylic acids is 1. The van der Waals surface area contributed by atoms with Gasteiger partial charge in [-0.05, 0) is 13.3 Å². The average Bonchev–Trinajstić information content (AvgIpc) is 3.16. The molecule has 7 heteroatoms. The van der Waals surface area contributed by atoms with Crippen LogP contribution in [0.15, 0.2) is 6.20 Å². The van der Waals surface area contributed by atoms with Crippen LogP contribution in [-0.2, 0) is 22.3 Å². The maximum atomic E-state index is 12.4. The fraction of sp³-hybridized carbons (Fsp3) is 0.750. The molecule has 0 unspecified atom stereocenters. The van der Waals surface area contributed by atoms with E-state index in [9.17, 15) is 4.79 Å². The normalized spacial score (nSPS) is 27.6. The molecule has 6 nitrogen and oxygen atoms in total. The van der Waals surface area contributed by atoms with E-state index in [0.717, 1.165) is 24.3 Å². The van der Waals surface area contributed by atoms with Crippen LogP contribution in [0.2, 0.25) is 0 Å². The summed E-state index contributed by atoms with van der Waals surface area (Å²) < 4.78 is 11.5. The highest BCUT2D eigenvalue weighted by Gasteiger charge is 2.43. The summed E-state index contributed by atoms with van der Waals surface area (Å²) in [7, 11) is 0. The lowest BCUT2D eigenvalue weighted by Gasteiger charge is -2.42. The van der Waals surface area contributed by atoms with Crippen LogP contribution in [0.5, 0.6) is 0 Å². The van der Waals surface area contributed by atoms with Gasteiger partial charge in [0, 0.05) is 43.6 Å². The average molecular weight is 339 g/mol. The zero-order valence-corrected chi connectivity index (χ0v) is 14.7. The number of hydrogen-bond acceptors (Lipinski definition) is 5. The summed E-state index contributed by atoms with van der Waals surface area (Å²) >= 11 is 1.72. The van der Waals surface area contributed by atoms with E-state index in [4.69, 9.17) is 9.47 Å². The Morgan fingerprint density at radius 2 is 2.48 bits per heavy atom. The Balaban J connectivity index is 1.49. The Morgan fingerprint density at radius 1 is 1.61 bits per heavy atom. The number of thiazole rings is 1. The topological polar surface area (TPSA) is 63.7 Å². The zero-order valence-electron chi connectivity index (χ0n) is 13.8. The van der Waals surface area contributed by atoms with E-state index in [1.54, 1.807) is 11.3 Å². The third-order valence-electron chi connectivity index (χ3n) is 4.33. The maximum absolute atomic E-state index is 12.4. The summed E-state index contributed by atoms with van der Waals surface area (Å²) in [5, 5.41) is 4.09. The Hall–Kier alpha value is -1.18. The monoisotopic (exact) mass is 339 g/mol. The predicted octanol–water partition coefficient (Wildman–Crippen LogP) is 1.84. The van der Waals surface area contributed by atoms with E-state index in [1.807, 2.05) is 18.0 Å². The van der Waals surface area contributed by atoms with Crippen molar-refractivity contribution in [3.8, 4) is 0 Å². The van der Waals surface area contributed by atoms with Gasteiger partial charge in [0.05, 0.1) is 24.3 Å². The van der Waals surface area contributed by atoms with Gasteiger partial charge in [0.1, 0.15) is 5.60 Å². The number of aryl methyl sites for hydroxylation is 1. The third kappa shape index (κ3) is 4.02. The molecule has 3 rings (SSSR count). The number of hydrogen-bond donors (Lipinski definition) is 1. The number of nitrogens with one attached hydrogen (secondary N) is 1. The quantitative estimate of drug-likeness (QED) is 0.909. The molecule has 0 radical (unpaired) electrons. The summed E-state index contributed by atoms with van der Waals surface area (Å²) in [5.41, 5.74) is -0.305. The van der Waals surface area contributed by atoms with E-state index in [1.165, 1.54) is 4.88 Å². The molecule has 2 aliphatic heterocycles. The van der Waals surface area contributed by atoms with Gasteiger partial charge < -0.3 is 19.7 Å². The highest BCUT2D eigenvalue weighted by atomic mass is 32.1. The second-order valence-electron chi connectivity index (χ2n) is 6.35. The third-order valence-corrected chi connectivity index (χ3v) is 5.53. The van der Waals surface area contributed by atoms with Crippen LogP contribution in [0.1, 0.15) is 30.2 Å². The molecule has 3 heterocycles. The Morgan fingerprint density at radius 3 is 3.17 bits per heavy atom. The van der Waals surface area contributed by atoms with Crippen molar-refractivity contribution in [1.29, 1.82) is 0 Å². The number of aromatic nitrogens is 1. The first-order valence-corrected chi connectivity index (χ1v) is 9.14. The molecule has 128 valence electrons. The molecule has 0 saturated carbocycles. The fourth-order valence-electron chi connectivity index (χ4n) is 3.20. The lowest BCUT2D eigenvalue weighted by molar-refractivity contribution is -0.137. The summed E-state index contributed by atoms with van der Waals surface area (Å²) in [6, 6.07) is -0.0151. The number of carbonyl (C=O) groups is 1. The van der Waals surface area contributed by atoms with E-state index < -0.39 is 0 Å². The van der Waals surface area contributed by atoms with Gasteiger partial charge in [-0.25, -0.2) is 9.78 Å². The lowest BCUT2D eigenvalue weighted by atomic mass is 9.99. The summed E-state index contributed by atoms with van der Waals surface area (Å²) in [6.07, 6.45) is 4.63. The molecule has 1 aromatic heterocycles. The van der Waals surface area contributed by atoms with Gasteiger partial charge in [0.2, 0.25) is 0 Å². The Bertz CT molecular complexity index is 542. The van der Waals surface area contributed by atoms with Crippen molar-refractivity contribution in [3.63, 3.8) is 0 Å². The highest BCUT2D eigenvalue weighted by molar-refractivity contribution is 7.11. The molecule has 1 spiro atoms. The first kappa shape index (κ1) is 16.7. The van der Waals surface area contributed by atoms with Crippen molar-refractivity contribution in [2.75, 3.05) is 32.8 Å².